The zero-order valence-electron chi connectivity index (χ0n) is 16.2. The highest BCUT2D eigenvalue weighted by atomic mass is 19.1. The molecule has 2 aromatic rings. The second-order valence-electron chi connectivity index (χ2n) is 7.67. The minimum atomic E-state index is -0.224. The van der Waals surface area contributed by atoms with Crippen LogP contribution < -0.4 is 9.80 Å². The summed E-state index contributed by atoms with van der Waals surface area (Å²) < 4.78 is 14.0. The minimum absolute atomic E-state index is 0.0630. The highest BCUT2D eigenvalue weighted by Gasteiger charge is 2.24. The van der Waals surface area contributed by atoms with Gasteiger partial charge in [0.05, 0.1) is 11.3 Å². The number of para-hydroxylation sites is 1. The number of piperazine rings is 1. The van der Waals surface area contributed by atoms with Gasteiger partial charge < -0.3 is 14.7 Å². The summed E-state index contributed by atoms with van der Waals surface area (Å²) in [4.78, 5) is 27.6. The van der Waals surface area contributed by atoms with E-state index in [9.17, 15) is 9.18 Å². The average molecular weight is 383 g/mol. The maximum absolute atomic E-state index is 14.0. The first kappa shape index (κ1) is 18.7. The maximum Gasteiger partial charge on any atom is 0.257 e. The van der Waals surface area contributed by atoms with Gasteiger partial charge in [-0.05, 0) is 30.9 Å². The first-order chi connectivity index (χ1) is 13.6. The summed E-state index contributed by atoms with van der Waals surface area (Å²) in [5.41, 5.74) is 1.10. The third kappa shape index (κ3) is 3.93. The second-order valence-corrected chi connectivity index (χ2v) is 7.67. The van der Waals surface area contributed by atoms with Gasteiger partial charge in [-0.2, -0.15) is 0 Å². The van der Waals surface area contributed by atoms with Gasteiger partial charge in [-0.3, -0.25) is 4.79 Å². The molecule has 0 unspecified atom stereocenters. The number of amides is 1. The summed E-state index contributed by atoms with van der Waals surface area (Å²) in [5, 5.41) is 0. The van der Waals surface area contributed by atoms with E-state index in [1.165, 1.54) is 6.07 Å². The van der Waals surface area contributed by atoms with E-state index in [1.807, 2.05) is 11.0 Å². The number of hydrogen-bond donors (Lipinski definition) is 0. The first-order valence-electron chi connectivity index (χ1n) is 9.97. The fraction of sp³-hybridized carbons (Fsp3) is 0.476. The number of aromatic nitrogens is 2. The Balaban J connectivity index is 1.36. The number of nitrogens with zero attached hydrogens (tertiary/aromatic N) is 5. The summed E-state index contributed by atoms with van der Waals surface area (Å²) in [6.07, 6.45) is 5.56. The van der Waals surface area contributed by atoms with Crippen LogP contribution in [0, 0.1) is 11.7 Å². The Hall–Kier alpha value is -2.70. The Morgan fingerprint density at radius 3 is 2.25 bits per heavy atom. The monoisotopic (exact) mass is 383 g/mol. The Kier molecular flexibility index (Phi) is 5.41. The van der Waals surface area contributed by atoms with Crippen LogP contribution in [-0.2, 0) is 0 Å². The molecule has 0 aliphatic carbocycles. The van der Waals surface area contributed by atoms with E-state index >= 15 is 0 Å². The van der Waals surface area contributed by atoms with E-state index in [0.717, 1.165) is 31.8 Å². The van der Waals surface area contributed by atoms with Crippen LogP contribution in [0.25, 0.3) is 0 Å². The van der Waals surface area contributed by atoms with Gasteiger partial charge in [0.1, 0.15) is 5.82 Å². The van der Waals surface area contributed by atoms with Gasteiger partial charge in [0.15, 0.2) is 0 Å². The van der Waals surface area contributed by atoms with Crippen LogP contribution in [0.15, 0.2) is 36.7 Å². The molecular weight excluding hydrogens is 357 g/mol. The van der Waals surface area contributed by atoms with E-state index in [-0.39, 0.29) is 11.7 Å². The second kappa shape index (κ2) is 8.12. The van der Waals surface area contributed by atoms with Crippen LogP contribution in [0.2, 0.25) is 0 Å². The SMILES string of the molecule is CC1CCN(c2ncc(C(=O)N3CCN(c4ccccc4F)CC3)cn2)CC1. The molecule has 6 nitrogen and oxygen atoms in total. The molecule has 2 saturated heterocycles. The molecule has 2 aliphatic rings. The van der Waals surface area contributed by atoms with Gasteiger partial charge in [0.25, 0.3) is 5.91 Å². The fourth-order valence-electron chi connectivity index (χ4n) is 3.84. The lowest BCUT2D eigenvalue weighted by Gasteiger charge is -2.36. The third-order valence-electron chi connectivity index (χ3n) is 5.71. The maximum atomic E-state index is 14.0. The number of halogens is 1. The molecule has 1 aromatic heterocycles. The first-order valence-corrected chi connectivity index (χ1v) is 9.97. The molecule has 0 N–H and O–H groups in total. The third-order valence-corrected chi connectivity index (χ3v) is 5.71. The molecule has 0 radical (unpaired) electrons. The Labute approximate surface area is 165 Å². The van der Waals surface area contributed by atoms with E-state index < -0.39 is 0 Å². The largest absolute Gasteiger partial charge is 0.366 e. The summed E-state index contributed by atoms with van der Waals surface area (Å²) >= 11 is 0. The molecular formula is C21H26FN5O. The van der Waals surface area contributed by atoms with E-state index in [2.05, 4.69) is 21.8 Å². The molecule has 2 aliphatic heterocycles. The van der Waals surface area contributed by atoms with Crippen molar-refractivity contribution in [3.05, 3.63) is 48.0 Å². The number of carbonyl (C=O) groups is 1. The van der Waals surface area contributed by atoms with Crippen molar-refractivity contribution in [2.24, 2.45) is 5.92 Å². The van der Waals surface area contributed by atoms with Crippen LogP contribution in [0.1, 0.15) is 30.1 Å². The van der Waals surface area contributed by atoms with Gasteiger partial charge >= 0.3 is 0 Å². The van der Waals surface area contributed by atoms with Gasteiger partial charge in [-0.1, -0.05) is 19.1 Å². The zero-order chi connectivity index (χ0) is 19.5. The van der Waals surface area contributed by atoms with Crippen molar-refractivity contribution >= 4 is 17.5 Å². The van der Waals surface area contributed by atoms with Gasteiger partial charge in [-0.15, -0.1) is 0 Å². The van der Waals surface area contributed by atoms with Crippen molar-refractivity contribution in [2.45, 2.75) is 19.8 Å². The standard InChI is InChI=1S/C21H26FN5O/c1-16-6-8-27(9-7-16)21-23-14-17(15-24-21)20(28)26-12-10-25(11-13-26)19-5-3-2-4-18(19)22/h2-5,14-16H,6-13H2,1H3. The molecule has 148 valence electrons. The smallest absolute Gasteiger partial charge is 0.257 e. The Morgan fingerprint density at radius 2 is 1.61 bits per heavy atom. The quantitative estimate of drug-likeness (QED) is 0.816. The van der Waals surface area contributed by atoms with Crippen LogP contribution in [0.3, 0.4) is 0 Å². The number of piperidine rings is 1. The Bertz CT molecular complexity index is 812. The predicted octanol–water partition coefficient (Wildman–Crippen LogP) is 2.81. The number of carbonyl (C=O) groups excluding carboxylic acids is 1. The van der Waals surface area contributed by atoms with Crippen molar-refractivity contribution in [3.63, 3.8) is 0 Å². The average Bonchev–Trinajstić information content (AvgIpc) is 2.74. The van der Waals surface area contributed by atoms with Gasteiger partial charge in [0.2, 0.25) is 5.95 Å². The number of hydrogen-bond acceptors (Lipinski definition) is 5. The predicted molar refractivity (Wildman–Crippen MR) is 107 cm³/mol. The molecule has 1 amide bonds. The molecule has 0 spiro atoms. The summed E-state index contributed by atoms with van der Waals surface area (Å²) in [6, 6.07) is 6.76. The fourth-order valence-corrected chi connectivity index (χ4v) is 3.84. The minimum Gasteiger partial charge on any atom is -0.366 e. The number of anilines is 2. The summed E-state index contributed by atoms with van der Waals surface area (Å²) in [5.74, 6) is 1.17. The normalized spacial score (nSPS) is 18.4. The molecule has 7 heteroatoms. The van der Waals surface area contributed by atoms with Crippen LogP contribution in [-0.4, -0.2) is 60.0 Å². The highest BCUT2D eigenvalue weighted by molar-refractivity contribution is 5.93. The molecule has 0 atom stereocenters. The lowest BCUT2D eigenvalue weighted by atomic mass is 10.00. The molecule has 4 rings (SSSR count). The zero-order valence-corrected chi connectivity index (χ0v) is 16.2. The lowest BCUT2D eigenvalue weighted by Crippen LogP contribution is -2.49. The van der Waals surface area contributed by atoms with Gasteiger partial charge in [0, 0.05) is 51.7 Å². The number of benzene rings is 1. The van der Waals surface area contributed by atoms with E-state index in [1.54, 1.807) is 29.4 Å². The van der Waals surface area contributed by atoms with E-state index in [0.29, 0.717) is 43.4 Å². The molecule has 3 heterocycles. The van der Waals surface area contributed by atoms with Crippen LogP contribution in [0.5, 0.6) is 0 Å². The van der Waals surface area contributed by atoms with Crippen LogP contribution in [0.4, 0.5) is 16.0 Å². The lowest BCUT2D eigenvalue weighted by molar-refractivity contribution is 0.0746. The Morgan fingerprint density at radius 1 is 0.964 bits per heavy atom. The molecule has 0 bridgehead atoms. The molecule has 1 aromatic carbocycles. The molecule has 0 saturated carbocycles. The van der Waals surface area contributed by atoms with Crippen molar-refractivity contribution in [3.8, 4) is 0 Å². The molecule has 2 fully saturated rings. The topological polar surface area (TPSA) is 52.6 Å². The van der Waals surface area contributed by atoms with Crippen LogP contribution >= 0.6 is 0 Å². The summed E-state index contributed by atoms with van der Waals surface area (Å²) in [7, 11) is 0. The molecule has 28 heavy (non-hydrogen) atoms. The highest BCUT2D eigenvalue weighted by Crippen LogP contribution is 2.22. The van der Waals surface area contributed by atoms with Crippen molar-refractivity contribution in [1.29, 1.82) is 0 Å². The van der Waals surface area contributed by atoms with Gasteiger partial charge in [-0.25, -0.2) is 14.4 Å². The van der Waals surface area contributed by atoms with E-state index in [4.69, 9.17) is 0 Å². The number of rotatable bonds is 3. The van der Waals surface area contributed by atoms with Crippen molar-refractivity contribution < 1.29 is 9.18 Å². The summed E-state index contributed by atoms with van der Waals surface area (Å²) in [6.45, 7) is 6.53. The van der Waals surface area contributed by atoms with Crippen molar-refractivity contribution in [2.75, 3.05) is 49.1 Å². The van der Waals surface area contributed by atoms with Crippen molar-refractivity contribution in [1.82, 2.24) is 14.9 Å².